The Morgan fingerprint density at radius 1 is 1.80 bits per heavy atom. The first-order valence-corrected chi connectivity index (χ1v) is 3.99. The molecule has 4 heteroatoms. The van der Waals surface area contributed by atoms with Crippen molar-refractivity contribution in [2.75, 3.05) is 13.3 Å². The van der Waals surface area contributed by atoms with Gasteiger partial charge in [0.1, 0.15) is 0 Å². The average molecular weight is 157 g/mol. The molecular weight excluding hydrogens is 146 g/mol. The zero-order valence-electron chi connectivity index (χ0n) is 6.23. The van der Waals surface area contributed by atoms with Crippen molar-refractivity contribution < 1.29 is 9.22 Å². The highest BCUT2D eigenvalue weighted by Crippen LogP contribution is 1.83. The Labute approximate surface area is 63.4 Å². The van der Waals surface area contributed by atoms with Crippen molar-refractivity contribution in [3.63, 3.8) is 0 Å². The Bertz CT molecular complexity index is 136. The lowest BCUT2D eigenvalue weighted by atomic mass is 10.3. The zero-order valence-corrected chi connectivity index (χ0v) is 7.23. The van der Waals surface area contributed by atoms with Gasteiger partial charge in [-0.2, -0.15) is 0 Å². The maximum Gasteiger partial charge on any atom is 0.250 e. The summed E-state index contributed by atoms with van der Waals surface area (Å²) in [5.74, 6) is -0.107. The number of hydrogen-bond donors (Lipinski definition) is 1. The fraction of sp³-hybridized carbons (Fsp3) is 0.500. The van der Waals surface area contributed by atoms with E-state index in [0.29, 0.717) is 21.5 Å². The summed E-state index contributed by atoms with van der Waals surface area (Å²) in [6.07, 6.45) is 0.572. The highest BCUT2D eigenvalue weighted by molar-refractivity contribution is 6.28. The van der Waals surface area contributed by atoms with Gasteiger partial charge in [0.25, 0.3) is 0 Å². The Balaban J connectivity index is 3.31. The van der Waals surface area contributed by atoms with Gasteiger partial charge in [-0.1, -0.05) is 6.58 Å². The van der Waals surface area contributed by atoms with Gasteiger partial charge < -0.3 is 9.74 Å². The average Bonchev–Trinajstić information content (AvgIpc) is 1.88. The van der Waals surface area contributed by atoms with E-state index in [1.165, 1.54) is 0 Å². The lowest BCUT2D eigenvalue weighted by Crippen LogP contribution is -2.28. The van der Waals surface area contributed by atoms with Gasteiger partial charge in [0, 0.05) is 18.9 Å². The molecule has 3 nitrogen and oxygen atoms in total. The molecule has 0 saturated heterocycles. The van der Waals surface area contributed by atoms with Gasteiger partial charge in [-0.25, -0.2) is 0 Å². The molecular formula is C6H11NO2Si. The van der Waals surface area contributed by atoms with Crippen molar-refractivity contribution in [3.8, 4) is 0 Å². The molecule has 2 radical (unpaired) electrons. The van der Waals surface area contributed by atoms with Crippen LogP contribution in [0.1, 0.15) is 6.92 Å². The molecule has 0 aliphatic carbocycles. The molecule has 0 spiro atoms. The van der Waals surface area contributed by atoms with Gasteiger partial charge in [-0.05, 0) is 6.92 Å². The molecule has 0 aliphatic heterocycles. The smallest absolute Gasteiger partial charge is 0.250 e. The van der Waals surface area contributed by atoms with Crippen LogP contribution in [0.2, 0.25) is 0 Å². The molecule has 0 aliphatic rings. The third kappa shape index (κ3) is 4.28. The molecule has 0 bridgehead atoms. The van der Waals surface area contributed by atoms with Crippen LogP contribution in [0.4, 0.5) is 0 Å². The van der Waals surface area contributed by atoms with E-state index in [2.05, 4.69) is 11.9 Å². The summed E-state index contributed by atoms with van der Waals surface area (Å²) in [6, 6.07) is 0. The lowest BCUT2D eigenvalue weighted by Gasteiger charge is -2.00. The highest BCUT2D eigenvalue weighted by Gasteiger charge is 1.98. The van der Waals surface area contributed by atoms with E-state index >= 15 is 0 Å². The number of nitrogens with one attached hydrogen (secondary N) is 1. The predicted octanol–water partition coefficient (Wildman–Crippen LogP) is -0.0982. The molecule has 10 heavy (non-hydrogen) atoms. The van der Waals surface area contributed by atoms with Crippen molar-refractivity contribution >= 4 is 15.7 Å². The second-order valence-electron chi connectivity index (χ2n) is 1.81. The predicted molar refractivity (Wildman–Crippen MR) is 40.6 cm³/mol. The minimum atomic E-state index is -0.107. The fourth-order valence-electron chi connectivity index (χ4n) is 0.339. The van der Waals surface area contributed by atoms with E-state index in [4.69, 9.17) is 4.43 Å². The minimum Gasteiger partial charge on any atom is -0.419 e. The SMILES string of the molecule is C=C(C)C(=O)NC[Si]OC. The topological polar surface area (TPSA) is 38.3 Å². The van der Waals surface area contributed by atoms with Gasteiger partial charge in [0.05, 0.1) is 0 Å². The minimum absolute atomic E-state index is 0.107. The second-order valence-corrected chi connectivity index (χ2v) is 2.86. The van der Waals surface area contributed by atoms with E-state index in [1.807, 2.05) is 0 Å². The van der Waals surface area contributed by atoms with Gasteiger partial charge in [-0.3, -0.25) is 4.79 Å². The second kappa shape index (κ2) is 5.19. The van der Waals surface area contributed by atoms with Crippen LogP contribution in [0.25, 0.3) is 0 Å². The van der Waals surface area contributed by atoms with Crippen molar-refractivity contribution in [2.24, 2.45) is 0 Å². The van der Waals surface area contributed by atoms with E-state index in [9.17, 15) is 4.79 Å². The first-order valence-electron chi connectivity index (χ1n) is 2.88. The first-order chi connectivity index (χ1) is 4.68. The monoisotopic (exact) mass is 157 g/mol. The summed E-state index contributed by atoms with van der Waals surface area (Å²) in [4.78, 5) is 10.8. The highest BCUT2D eigenvalue weighted by atomic mass is 28.2. The quantitative estimate of drug-likeness (QED) is 0.351. The summed E-state index contributed by atoms with van der Waals surface area (Å²) in [5.41, 5.74) is 0.529. The van der Waals surface area contributed by atoms with Crippen LogP contribution in [0.15, 0.2) is 12.2 Å². The first kappa shape index (κ1) is 9.39. The molecule has 0 aromatic heterocycles. The molecule has 0 unspecified atom stereocenters. The van der Waals surface area contributed by atoms with Gasteiger partial charge >= 0.3 is 0 Å². The van der Waals surface area contributed by atoms with Crippen molar-refractivity contribution in [1.29, 1.82) is 0 Å². The van der Waals surface area contributed by atoms with E-state index in [-0.39, 0.29) is 5.91 Å². The summed E-state index contributed by atoms with van der Waals surface area (Å²) >= 11 is 0. The van der Waals surface area contributed by atoms with Crippen molar-refractivity contribution in [1.82, 2.24) is 5.32 Å². The Morgan fingerprint density at radius 2 is 2.40 bits per heavy atom. The van der Waals surface area contributed by atoms with Gasteiger partial charge in [-0.15, -0.1) is 0 Å². The molecule has 0 saturated carbocycles. The number of carbonyl (C=O) groups excluding carboxylic acids is 1. The lowest BCUT2D eigenvalue weighted by molar-refractivity contribution is -0.117. The fourth-order valence-corrected chi connectivity index (χ4v) is 0.716. The normalized spacial score (nSPS) is 9.00. The van der Waals surface area contributed by atoms with Crippen molar-refractivity contribution in [3.05, 3.63) is 12.2 Å². The third-order valence-corrected chi connectivity index (χ3v) is 1.46. The van der Waals surface area contributed by atoms with Gasteiger partial charge in [0.15, 0.2) is 0 Å². The molecule has 56 valence electrons. The van der Waals surface area contributed by atoms with E-state index in [1.54, 1.807) is 14.0 Å². The van der Waals surface area contributed by atoms with Crippen LogP contribution in [0.3, 0.4) is 0 Å². The summed E-state index contributed by atoms with van der Waals surface area (Å²) in [5, 5.41) is 2.63. The number of rotatable bonds is 4. The standard InChI is InChI=1S/C6H11NO2Si/c1-5(2)6(8)7-4-10-9-3/h1,4H2,2-3H3,(H,7,8). The zero-order chi connectivity index (χ0) is 7.98. The van der Waals surface area contributed by atoms with Crippen LogP contribution in [-0.4, -0.2) is 28.9 Å². The Hall–Kier alpha value is -0.613. The van der Waals surface area contributed by atoms with Crippen LogP contribution >= 0.6 is 0 Å². The maximum absolute atomic E-state index is 10.8. The third-order valence-electron chi connectivity index (χ3n) is 0.853. The molecule has 1 amide bonds. The molecule has 1 N–H and O–H groups in total. The summed E-state index contributed by atoms with van der Waals surface area (Å²) in [7, 11) is 1.93. The van der Waals surface area contributed by atoms with E-state index in [0.717, 1.165) is 0 Å². The molecule has 0 atom stereocenters. The van der Waals surface area contributed by atoms with Crippen LogP contribution in [-0.2, 0) is 9.22 Å². The summed E-state index contributed by atoms with van der Waals surface area (Å²) < 4.78 is 4.76. The summed E-state index contributed by atoms with van der Waals surface area (Å²) in [6.45, 7) is 5.16. The van der Waals surface area contributed by atoms with Crippen LogP contribution in [0, 0.1) is 0 Å². The van der Waals surface area contributed by atoms with Crippen molar-refractivity contribution in [2.45, 2.75) is 6.92 Å². The van der Waals surface area contributed by atoms with Crippen LogP contribution < -0.4 is 5.32 Å². The molecule has 0 rings (SSSR count). The number of hydrogen-bond acceptors (Lipinski definition) is 2. The Morgan fingerprint density at radius 3 is 2.80 bits per heavy atom. The molecule has 0 aromatic rings. The maximum atomic E-state index is 10.8. The number of carbonyl (C=O) groups is 1. The van der Waals surface area contributed by atoms with Gasteiger partial charge in [0.2, 0.25) is 15.7 Å². The Kier molecular flexibility index (Phi) is 4.88. The largest absolute Gasteiger partial charge is 0.419 e. The number of amides is 1. The molecule has 0 aromatic carbocycles. The molecule has 0 heterocycles. The molecule has 0 fully saturated rings. The van der Waals surface area contributed by atoms with E-state index < -0.39 is 0 Å². The van der Waals surface area contributed by atoms with Crippen LogP contribution in [0.5, 0.6) is 0 Å².